The summed E-state index contributed by atoms with van der Waals surface area (Å²) in [7, 11) is 1.62. The van der Waals surface area contributed by atoms with Gasteiger partial charge in [0.15, 0.2) is 0 Å². The van der Waals surface area contributed by atoms with Crippen LogP contribution in [0.3, 0.4) is 0 Å². The molecule has 7 nitrogen and oxygen atoms in total. The molecule has 1 aliphatic heterocycles. The number of benzene rings is 1. The maximum atomic E-state index is 12.4. The molecule has 3 rings (SSSR count). The standard InChI is InChI=1S/C18H21ClN4O3/c1-26-14-4-2-12(3-5-14)10-20-17(24)13-6-8-23(9-7-13)15-11-21-22-18(25)16(15)19/h2-5,11,13H,6-10H2,1H3,(H,20,24)(H,22,25). The zero-order chi connectivity index (χ0) is 18.5. The number of nitrogens with one attached hydrogen (secondary N) is 2. The summed E-state index contributed by atoms with van der Waals surface area (Å²) in [4.78, 5) is 26.0. The first-order valence-electron chi connectivity index (χ1n) is 8.47. The Balaban J connectivity index is 1.51. The van der Waals surface area contributed by atoms with Gasteiger partial charge in [-0.2, -0.15) is 5.10 Å². The number of anilines is 1. The highest BCUT2D eigenvalue weighted by molar-refractivity contribution is 6.33. The van der Waals surface area contributed by atoms with Crippen molar-refractivity contribution in [2.24, 2.45) is 5.92 Å². The van der Waals surface area contributed by atoms with E-state index in [-0.39, 0.29) is 16.8 Å². The number of amides is 1. The van der Waals surface area contributed by atoms with Gasteiger partial charge < -0.3 is 15.0 Å². The van der Waals surface area contributed by atoms with Gasteiger partial charge in [0, 0.05) is 25.6 Å². The third kappa shape index (κ3) is 4.16. The molecule has 0 unspecified atom stereocenters. The zero-order valence-corrected chi connectivity index (χ0v) is 15.3. The molecule has 26 heavy (non-hydrogen) atoms. The summed E-state index contributed by atoms with van der Waals surface area (Å²) in [5.41, 5.74) is 1.24. The molecule has 8 heteroatoms. The number of aromatic amines is 1. The Hall–Kier alpha value is -2.54. The number of hydrogen-bond donors (Lipinski definition) is 2. The van der Waals surface area contributed by atoms with Crippen molar-refractivity contribution in [3.05, 3.63) is 51.4 Å². The summed E-state index contributed by atoms with van der Waals surface area (Å²) < 4.78 is 5.12. The van der Waals surface area contributed by atoms with Crippen molar-refractivity contribution in [2.45, 2.75) is 19.4 Å². The minimum absolute atomic E-state index is 0.0433. The number of piperidine rings is 1. The number of methoxy groups -OCH3 is 1. The van der Waals surface area contributed by atoms with Gasteiger partial charge in [-0.1, -0.05) is 23.7 Å². The SMILES string of the molecule is COc1ccc(CNC(=O)C2CCN(c3cn[nH]c(=O)c3Cl)CC2)cc1. The second kappa shape index (κ2) is 8.23. The Morgan fingerprint density at radius 2 is 2.04 bits per heavy atom. The van der Waals surface area contributed by atoms with Crippen LogP contribution in [0.25, 0.3) is 0 Å². The Labute approximate surface area is 156 Å². The smallest absolute Gasteiger partial charge is 0.285 e. The third-order valence-electron chi connectivity index (χ3n) is 4.61. The van der Waals surface area contributed by atoms with Crippen LogP contribution in [0.15, 0.2) is 35.3 Å². The summed E-state index contributed by atoms with van der Waals surface area (Å²) in [6.07, 6.45) is 2.96. The number of ether oxygens (including phenoxy) is 1. The number of aromatic nitrogens is 2. The van der Waals surface area contributed by atoms with Crippen LogP contribution in [0.5, 0.6) is 5.75 Å². The van der Waals surface area contributed by atoms with Crippen LogP contribution < -0.4 is 20.5 Å². The third-order valence-corrected chi connectivity index (χ3v) is 4.97. The number of rotatable bonds is 5. The number of carbonyl (C=O) groups excluding carboxylic acids is 1. The van der Waals surface area contributed by atoms with Crippen LogP contribution in [-0.2, 0) is 11.3 Å². The van der Waals surface area contributed by atoms with Crippen LogP contribution in [-0.4, -0.2) is 36.3 Å². The van der Waals surface area contributed by atoms with Crippen LogP contribution in [0.4, 0.5) is 5.69 Å². The molecule has 0 bridgehead atoms. The lowest BCUT2D eigenvalue weighted by molar-refractivity contribution is -0.125. The van der Waals surface area contributed by atoms with Crippen LogP contribution in [0.1, 0.15) is 18.4 Å². The molecule has 1 aliphatic rings. The van der Waals surface area contributed by atoms with Gasteiger partial charge in [-0.05, 0) is 30.5 Å². The van der Waals surface area contributed by atoms with E-state index in [9.17, 15) is 9.59 Å². The van der Waals surface area contributed by atoms with Gasteiger partial charge in [0.05, 0.1) is 19.0 Å². The van der Waals surface area contributed by atoms with Crippen LogP contribution >= 0.6 is 11.6 Å². The van der Waals surface area contributed by atoms with Crippen molar-refractivity contribution in [3.63, 3.8) is 0 Å². The highest BCUT2D eigenvalue weighted by Gasteiger charge is 2.26. The first kappa shape index (κ1) is 18.3. The first-order valence-corrected chi connectivity index (χ1v) is 8.85. The molecule has 1 saturated heterocycles. The molecule has 0 saturated carbocycles. The number of H-pyrrole nitrogens is 1. The summed E-state index contributed by atoms with van der Waals surface area (Å²) in [5.74, 6) is 0.800. The van der Waals surface area contributed by atoms with Gasteiger partial charge in [-0.15, -0.1) is 0 Å². The Bertz CT molecular complexity index is 814. The number of nitrogens with zero attached hydrogens (tertiary/aromatic N) is 2. The zero-order valence-electron chi connectivity index (χ0n) is 14.5. The maximum Gasteiger partial charge on any atom is 0.285 e. The lowest BCUT2D eigenvalue weighted by atomic mass is 9.95. The largest absolute Gasteiger partial charge is 0.497 e. The molecular formula is C18H21ClN4O3. The summed E-state index contributed by atoms with van der Waals surface area (Å²) in [5, 5.41) is 9.24. The maximum absolute atomic E-state index is 12.4. The summed E-state index contributed by atoms with van der Waals surface area (Å²) >= 11 is 6.05. The number of carbonyl (C=O) groups is 1. The quantitative estimate of drug-likeness (QED) is 0.833. The van der Waals surface area contributed by atoms with Gasteiger partial charge in [-0.25, -0.2) is 5.10 Å². The molecule has 0 radical (unpaired) electrons. The number of halogens is 1. The van der Waals surface area contributed by atoms with Crippen molar-refractivity contribution in [1.82, 2.24) is 15.5 Å². The fourth-order valence-corrected chi connectivity index (χ4v) is 3.26. The predicted octanol–water partition coefficient (Wildman–Crippen LogP) is 1.96. The summed E-state index contributed by atoms with van der Waals surface area (Å²) in [6.45, 7) is 1.81. The molecular weight excluding hydrogens is 356 g/mol. The van der Waals surface area contributed by atoms with E-state index in [1.807, 2.05) is 29.2 Å². The van der Waals surface area contributed by atoms with Crippen molar-refractivity contribution in [1.29, 1.82) is 0 Å². The second-order valence-electron chi connectivity index (χ2n) is 6.23. The molecule has 0 aliphatic carbocycles. The fraction of sp³-hybridized carbons (Fsp3) is 0.389. The molecule has 1 aromatic carbocycles. The van der Waals surface area contributed by atoms with Crippen molar-refractivity contribution >= 4 is 23.2 Å². The van der Waals surface area contributed by atoms with Gasteiger partial charge in [-0.3, -0.25) is 9.59 Å². The molecule has 2 aromatic rings. The Morgan fingerprint density at radius 3 is 2.69 bits per heavy atom. The normalized spacial score (nSPS) is 14.9. The lowest BCUT2D eigenvalue weighted by Gasteiger charge is -2.32. The van der Waals surface area contributed by atoms with E-state index in [1.54, 1.807) is 13.3 Å². The fourth-order valence-electron chi connectivity index (χ4n) is 3.05. The van der Waals surface area contributed by atoms with Gasteiger partial charge in [0.25, 0.3) is 5.56 Å². The molecule has 0 atom stereocenters. The minimum Gasteiger partial charge on any atom is -0.497 e. The minimum atomic E-state index is -0.400. The van der Waals surface area contributed by atoms with E-state index in [0.29, 0.717) is 38.2 Å². The van der Waals surface area contributed by atoms with E-state index in [2.05, 4.69) is 15.5 Å². The highest BCUT2D eigenvalue weighted by Crippen LogP contribution is 2.26. The van der Waals surface area contributed by atoms with Crippen LogP contribution in [0.2, 0.25) is 5.02 Å². The molecule has 2 N–H and O–H groups in total. The average Bonchev–Trinajstić information content (AvgIpc) is 2.69. The van der Waals surface area contributed by atoms with Crippen molar-refractivity contribution in [2.75, 3.05) is 25.1 Å². The second-order valence-corrected chi connectivity index (χ2v) is 6.60. The monoisotopic (exact) mass is 376 g/mol. The van der Waals surface area contributed by atoms with Crippen molar-refractivity contribution in [3.8, 4) is 5.75 Å². The molecule has 2 heterocycles. The van der Waals surface area contributed by atoms with Crippen LogP contribution in [0, 0.1) is 5.92 Å². The van der Waals surface area contributed by atoms with Crippen molar-refractivity contribution < 1.29 is 9.53 Å². The Kier molecular flexibility index (Phi) is 5.78. The van der Waals surface area contributed by atoms with E-state index < -0.39 is 5.56 Å². The van der Waals surface area contributed by atoms with Gasteiger partial charge in [0.2, 0.25) is 5.91 Å². The average molecular weight is 377 g/mol. The first-order chi connectivity index (χ1) is 12.6. The van der Waals surface area contributed by atoms with E-state index >= 15 is 0 Å². The lowest BCUT2D eigenvalue weighted by Crippen LogP contribution is -2.40. The Morgan fingerprint density at radius 1 is 1.35 bits per heavy atom. The van der Waals surface area contributed by atoms with E-state index in [1.165, 1.54) is 0 Å². The summed E-state index contributed by atoms with van der Waals surface area (Å²) in [6, 6.07) is 7.62. The van der Waals surface area contributed by atoms with Gasteiger partial charge >= 0.3 is 0 Å². The van der Waals surface area contributed by atoms with E-state index in [0.717, 1.165) is 11.3 Å². The molecule has 1 aromatic heterocycles. The highest BCUT2D eigenvalue weighted by atomic mass is 35.5. The predicted molar refractivity (Wildman–Crippen MR) is 99.6 cm³/mol. The number of hydrogen-bond acceptors (Lipinski definition) is 5. The van der Waals surface area contributed by atoms with E-state index in [4.69, 9.17) is 16.3 Å². The molecule has 138 valence electrons. The molecule has 1 amide bonds. The van der Waals surface area contributed by atoms with Gasteiger partial charge in [0.1, 0.15) is 10.8 Å². The topological polar surface area (TPSA) is 87.3 Å². The molecule has 0 spiro atoms. The molecule has 1 fully saturated rings.